The van der Waals surface area contributed by atoms with E-state index in [4.69, 9.17) is 9.15 Å². The Balaban J connectivity index is 1.51. The van der Waals surface area contributed by atoms with Crippen molar-refractivity contribution in [2.24, 2.45) is 0 Å². The molecule has 3 aromatic rings. The number of esters is 1. The van der Waals surface area contributed by atoms with Crippen LogP contribution >= 0.6 is 11.3 Å². The number of nitrogens with one attached hydrogen (secondary N) is 1. The Kier molecular flexibility index (Phi) is 5.52. The molecule has 0 radical (unpaired) electrons. The molecule has 0 saturated carbocycles. The number of para-hydroxylation sites is 2. The lowest BCUT2D eigenvalue weighted by Gasteiger charge is -2.13. The van der Waals surface area contributed by atoms with Crippen LogP contribution in [-0.2, 0) is 27.4 Å². The van der Waals surface area contributed by atoms with Crippen LogP contribution in [0.1, 0.15) is 18.2 Å². The Morgan fingerprint density at radius 1 is 1.27 bits per heavy atom. The number of amides is 1. The predicted molar refractivity (Wildman–Crippen MR) is 96.8 cm³/mol. The summed E-state index contributed by atoms with van der Waals surface area (Å²) < 4.78 is 11.6. The van der Waals surface area contributed by atoms with E-state index in [1.54, 1.807) is 24.3 Å². The number of hydrogen-bond acceptors (Lipinski definition) is 6. The van der Waals surface area contributed by atoms with Gasteiger partial charge in [-0.1, -0.05) is 18.2 Å². The van der Waals surface area contributed by atoms with Gasteiger partial charge in [-0.15, -0.1) is 11.3 Å². The van der Waals surface area contributed by atoms with E-state index in [1.807, 2.05) is 17.5 Å². The summed E-state index contributed by atoms with van der Waals surface area (Å²) in [5.74, 6) is -1.45. The molecule has 0 aliphatic rings. The zero-order valence-corrected chi connectivity index (χ0v) is 15.0. The first-order valence-corrected chi connectivity index (χ1v) is 9.00. The number of thiophene rings is 1. The molecule has 0 bridgehead atoms. The first-order chi connectivity index (χ1) is 12.5. The van der Waals surface area contributed by atoms with Crippen molar-refractivity contribution in [1.29, 1.82) is 0 Å². The summed E-state index contributed by atoms with van der Waals surface area (Å²) in [7, 11) is 0. The molecule has 26 heavy (non-hydrogen) atoms. The van der Waals surface area contributed by atoms with Gasteiger partial charge in [0.2, 0.25) is 0 Å². The standard InChI is InChI=1S/C18H18N2O5S/c1-12(17(22)19-11-13-5-4-10-26-13)24-16(21)8-9-20-14-6-2-3-7-15(14)25-18(20)23/h2-7,10,12H,8-9,11H2,1H3,(H,19,22). The van der Waals surface area contributed by atoms with Gasteiger partial charge in [-0.2, -0.15) is 0 Å². The van der Waals surface area contributed by atoms with Gasteiger partial charge in [0, 0.05) is 11.4 Å². The highest BCUT2D eigenvalue weighted by Crippen LogP contribution is 2.12. The molecular weight excluding hydrogens is 356 g/mol. The minimum atomic E-state index is -0.903. The van der Waals surface area contributed by atoms with Crippen LogP contribution in [0.4, 0.5) is 0 Å². The fraction of sp³-hybridized carbons (Fsp3) is 0.278. The van der Waals surface area contributed by atoms with Crippen molar-refractivity contribution in [3.63, 3.8) is 0 Å². The topological polar surface area (TPSA) is 90.5 Å². The van der Waals surface area contributed by atoms with Gasteiger partial charge in [-0.25, -0.2) is 4.79 Å². The zero-order valence-electron chi connectivity index (χ0n) is 14.1. The first-order valence-electron chi connectivity index (χ1n) is 8.12. The molecule has 0 fully saturated rings. The number of fused-ring (bicyclic) bond motifs is 1. The van der Waals surface area contributed by atoms with E-state index < -0.39 is 17.8 Å². The molecule has 0 aliphatic heterocycles. The molecule has 3 rings (SSSR count). The summed E-state index contributed by atoms with van der Waals surface area (Å²) in [4.78, 5) is 36.8. The second-order valence-electron chi connectivity index (χ2n) is 5.67. The molecule has 0 spiro atoms. The van der Waals surface area contributed by atoms with E-state index in [0.29, 0.717) is 17.6 Å². The summed E-state index contributed by atoms with van der Waals surface area (Å²) in [6.07, 6.45) is -0.938. The second-order valence-corrected chi connectivity index (χ2v) is 6.70. The quantitative estimate of drug-likeness (QED) is 0.641. The number of aromatic nitrogens is 1. The fourth-order valence-corrected chi connectivity index (χ4v) is 3.11. The highest BCUT2D eigenvalue weighted by Gasteiger charge is 2.18. The van der Waals surface area contributed by atoms with Gasteiger partial charge >= 0.3 is 11.7 Å². The third kappa shape index (κ3) is 4.20. The SMILES string of the molecule is CC(OC(=O)CCn1c(=O)oc2ccccc21)C(=O)NCc1cccs1. The number of aryl methyl sites for hydroxylation is 1. The van der Waals surface area contributed by atoms with E-state index in [2.05, 4.69) is 5.32 Å². The molecule has 1 unspecified atom stereocenters. The number of nitrogens with zero attached hydrogens (tertiary/aromatic N) is 1. The zero-order chi connectivity index (χ0) is 18.5. The average Bonchev–Trinajstić information content (AvgIpc) is 3.24. The van der Waals surface area contributed by atoms with Crippen molar-refractivity contribution in [3.05, 3.63) is 57.2 Å². The smallest absolute Gasteiger partial charge is 0.419 e. The van der Waals surface area contributed by atoms with Crippen molar-refractivity contribution in [2.75, 3.05) is 0 Å². The molecule has 1 N–H and O–H groups in total. The van der Waals surface area contributed by atoms with Crippen molar-refractivity contribution in [3.8, 4) is 0 Å². The van der Waals surface area contributed by atoms with Gasteiger partial charge < -0.3 is 14.5 Å². The number of oxazole rings is 1. The lowest BCUT2D eigenvalue weighted by molar-refractivity contribution is -0.155. The largest absolute Gasteiger partial charge is 0.452 e. The molecule has 1 aromatic carbocycles. The molecule has 1 atom stereocenters. The monoisotopic (exact) mass is 374 g/mol. The van der Waals surface area contributed by atoms with Gasteiger partial charge in [0.25, 0.3) is 5.91 Å². The normalized spacial score (nSPS) is 12.0. The van der Waals surface area contributed by atoms with E-state index in [9.17, 15) is 14.4 Å². The number of carbonyl (C=O) groups is 2. The summed E-state index contributed by atoms with van der Waals surface area (Å²) in [5, 5.41) is 4.64. The van der Waals surface area contributed by atoms with E-state index in [1.165, 1.54) is 22.8 Å². The molecule has 8 heteroatoms. The fourth-order valence-electron chi connectivity index (χ4n) is 2.47. The van der Waals surface area contributed by atoms with Gasteiger partial charge in [0.05, 0.1) is 18.5 Å². The minimum absolute atomic E-state index is 0.0357. The molecule has 7 nitrogen and oxygen atoms in total. The van der Waals surface area contributed by atoms with Gasteiger partial charge in [-0.3, -0.25) is 14.2 Å². The van der Waals surface area contributed by atoms with Crippen molar-refractivity contribution in [2.45, 2.75) is 32.5 Å². The Hall–Kier alpha value is -2.87. The maximum absolute atomic E-state index is 12.0. The Morgan fingerprint density at radius 3 is 2.85 bits per heavy atom. The third-order valence-electron chi connectivity index (χ3n) is 3.81. The lowest BCUT2D eigenvalue weighted by atomic mass is 10.3. The Morgan fingerprint density at radius 2 is 2.08 bits per heavy atom. The maximum Gasteiger partial charge on any atom is 0.419 e. The number of carbonyl (C=O) groups excluding carboxylic acids is 2. The van der Waals surface area contributed by atoms with Crippen LogP contribution in [0.2, 0.25) is 0 Å². The molecule has 1 amide bonds. The van der Waals surface area contributed by atoms with E-state index in [0.717, 1.165) is 4.88 Å². The number of ether oxygens (including phenoxy) is 1. The first kappa shape index (κ1) is 17.9. The number of hydrogen-bond donors (Lipinski definition) is 1. The van der Waals surface area contributed by atoms with Crippen LogP contribution in [-0.4, -0.2) is 22.5 Å². The summed E-state index contributed by atoms with van der Waals surface area (Å²) in [6.45, 7) is 2.04. The molecule has 0 saturated heterocycles. The molecule has 136 valence electrons. The Bertz CT molecular complexity index is 958. The predicted octanol–water partition coefficient (Wildman–Crippen LogP) is 2.29. The van der Waals surface area contributed by atoms with Crippen LogP contribution in [0.5, 0.6) is 0 Å². The minimum Gasteiger partial charge on any atom is -0.452 e. The second kappa shape index (κ2) is 8.01. The van der Waals surface area contributed by atoms with Crippen LogP contribution in [0, 0.1) is 0 Å². The highest BCUT2D eigenvalue weighted by molar-refractivity contribution is 7.09. The average molecular weight is 374 g/mol. The summed E-state index contributed by atoms with van der Waals surface area (Å²) in [6, 6.07) is 10.8. The highest BCUT2D eigenvalue weighted by atomic mass is 32.1. The number of benzene rings is 1. The Labute approximate surface area is 153 Å². The van der Waals surface area contributed by atoms with Crippen molar-refractivity contribution in [1.82, 2.24) is 9.88 Å². The number of rotatable bonds is 7. The summed E-state index contributed by atoms with van der Waals surface area (Å²) >= 11 is 1.54. The van der Waals surface area contributed by atoms with Gasteiger partial charge in [0.15, 0.2) is 11.7 Å². The lowest BCUT2D eigenvalue weighted by Crippen LogP contribution is -2.35. The summed E-state index contributed by atoms with van der Waals surface area (Å²) in [5.41, 5.74) is 1.08. The third-order valence-corrected chi connectivity index (χ3v) is 4.68. The molecule has 0 aliphatic carbocycles. The van der Waals surface area contributed by atoms with Gasteiger partial charge in [-0.05, 0) is 30.5 Å². The van der Waals surface area contributed by atoms with Crippen LogP contribution in [0.3, 0.4) is 0 Å². The molecule has 2 aromatic heterocycles. The molecular formula is C18H18N2O5S. The van der Waals surface area contributed by atoms with E-state index >= 15 is 0 Å². The maximum atomic E-state index is 12.0. The van der Waals surface area contributed by atoms with Crippen LogP contribution in [0.15, 0.2) is 51.0 Å². The molecule has 2 heterocycles. The van der Waals surface area contributed by atoms with Gasteiger partial charge in [0.1, 0.15) is 0 Å². The van der Waals surface area contributed by atoms with Crippen molar-refractivity contribution < 1.29 is 18.7 Å². The van der Waals surface area contributed by atoms with Crippen molar-refractivity contribution >= 4 is 34.3 Å². The van der Waals surface area contributed by atoms with Crippen LogP contribution in [0.25, 0.3) is 11.1 Å². The van der Waals surface area contributed by atoms with E-state index in [-0.39, 0.29) is 18.9 Å². The van der Waals surface area contributed by atoms with Crippen LogP contribution < -0.4 is 11.1 Å².